The van der Waals surface area contributed by atoms with E-state index in [1.807, 2.05) is 25.4 Å². The monoisotopic (exact) mass is 693 g/mol. The van der Waals surface area contributed by atoms with E-state index < -0.39 is 23.6 Å². The third kappa shape index (κ3) is 11.4. The van der Waals surface area contributed by atoms with E-state index in [2.05, 4.69) is 47.4 Å². The molecule has 2 aliphatic rings. The van der Waals surface area contributed by atoms with E-state index in [0.717, 1.165) is 62.6 Å². The number of allylic oxidation sites excluding steroid dienone is 1. The number of rotatable bonds is 22. The lowest BCUT2D eigenvalue weighted by molar-refractivity contribution is -0.148. The van der Waals surface area contributed by atoms with Crippen molar-refractivity contribution in [2.45, 2.75) is 134 Å². The summed E-state index contributed by atoms with van der Waals surface area (Å²) in [5.74, 6) is -1.00. The predicted octanol–water partition coefficient (Wildman–Crippen LogP) is 6.10. The molecule has 2 heterocycles. The number of nitrogen functional groups attached to an aromatic ring is 1. The SMILES string of the molecule is CCCCC[C@@H]1C=C[C@@H](CCCCC[C@H](C(=O)O)[C@H](O)C[C@@H](CNC)[C@]2(O)C[C@H](Cc3ccnc(N)c3)C[C@H]2Cc2cc(CC)c[n-]2)[C@H](O)C1. The minimum Gasteiger partial charge on any atom is -0.667 e. The highest BCUT2D eigenvalue weighted by atomic mass is 16.4. The Kier molecular flexibility index (Phi) is 15.8. The fourth-order valence-corrected chi connectivity index (χ4v) is 8.92. The summed E-state index contributed by atoms with van der Waals surface area (Å²) in [7, 11) is 1.84. The molecule has 4 rings (SSSR count). The third-order valence-corrected chi connectivity index (χ3v) is 11.8. The molecule has 1 fully saturated rings. The van der Waals surface area contributed by atoms with E-state index in [4.69, 9.17) is 5.73 Å². The summed E-state index contributed by atoms with van der Waals surface area (Å²) < 4.78 is 0. The molecule has 0 spiro atoms. The predicted molar refractivity (Wildman–Crippen MR) is 199 cm³/mol. The molecule has 280 valence electrons. The van der Waals surface area contributed by atoms with E-state index in [1.165, 1.54) is 24.8 Å². The van der Waals surface area contributed by atoms with Crippen LogP contribution in [-0.4, -0.2) is 62.8 Å². The lowest BCUT2D eigenvalue weighted by Gasteiger charge is -2.40. The zero-order chi connectivity index (χ0) is 36.1. The topological polar surface area (TPSA) is 163 Å². The van der Waals surface area contributed by atoms with Crippen LogP contribution in [0.2, 0.25) is 0 Å². The van der Waals surface area contributed by atoms with Crippen molar-refractivity contribution in [1.82, 2.24) is 15.3 Å². The van der Waals surface area contributed by atoms with Crippen molar-refractivity contribution in [3.63, 3.8) is 0 Å². The van der Waals surface area contributed by atoms with Crippen LogP contribution in [0, 0.1) is 35.5 Å². The molecule has 0 aromatic carbocycles. The lowest BCUT2D eigenvalue weighted by atomic mass is 9.73. The Morgan fingerprint density at radius 1 is 1.08 bits per heavy atom. The summed E-state index contributed by atoms with van der Waals surface area (Å²) >= 11 is 0. The number of aryl methyl sites for hydroxylation is 1. The van der Waals surface area contributed by atoms with Crippen molar-refractivity contribution in [1.29, 1.82) is 0 Å². The Bertz CT molecular complexity index is 1330. The van der Waals surface area contributed by atoms with Gasteiger partial charge in [0.25, 0.3) is 0 Å². The Labute approximate surface area is 300 Å². The van der Waals surface area contributed by atoms with E-state index in [1.54, 1.807) is 6.20 Å². The molecule has 50 heavy (non-hydrogen) atoms. The summed E-state index contributed by atoms with van der Waals surface area (Å²) in [4.78, 5) is 21.3. The quantitative estimate of drug-likeness (QED) is 0.0632. The van der Waals surface area contributed by atoms with Gasteiger partial charge < -0.3 is 36.5 Å². The molecule has 1 saturated carbocycles. The van der Waals surface area contributed by atoms with Gasteiger partial charge in [0.05, 0.1) is 23.7 Å². The van der Waals surface area contributed by atoms with Crippen molar-refractivity contribution in [3.05, 3.63) is 59.6 Å². The Morgan fingerprint density at radius 2 is 1.88 bits per heavy atom. The van der Waals surface area contributed by atoms with Gasteiger partial charge in [-0.05, 0) is 107 Å². The van der Waals surface area contributed by atoms with Crippen LogP contribution < -0.4 is 16.0 Å². The number of hydrogen-bond acceptors (Lipinski definition) is 7. The number of carboxylic acid groups (broad SMARTS) is 1. The van der Waals surface area contributed by atoms with Gasteiger partial charge in [0.1, 0.15) is 5.82 Å². The Morgan fingerprint density at radius 3 is 2.56 bits per heavy atom. The molecule has 2 aromatic rings. The minimum atomic E-state index is -1.11. The second-order valence-corrected chi connectivity index (χ2v) is 15.6. The van der Waals surface area contributed by atoms with Crippen molar-refractivity contribution >= 4 is 11.8 Å². The van der Waals surface area contributed by atoms with Gasteiger partial charge in [0.2, 0.25) is 0 Å². The van der Waals surface area contributed by atoms with Crippen LogP contribution in [0.3, 0.4) is 0 Å². The molecule has 0 amide bonds. The van der Waals surface area contributed by atoms with Crippen molar-refractivity contribution in [2.75, 3.05) is 19.3 Å². The number of unbranched alkanes of at least 4 members (excludes halogenated alkanes) is 4. The van der Waals surface area contributed by atoms with E-state index in [0.29, 0.717) is 44.0 Å². The van der Waals surface area contributed by atoms with E-state index in [9.17, 15) is 25.2 Å². The molecule has 7 N–H and O–H groups in total. The number of carbonyl (C=O) groups is 1. The molecular weight excluding hydrogens is 628 g/mol. The minimum absolute atomic E-state index is 0.0871. The average molecular weight is 694 g/mol. The van der Waals surface area contributed by atoms with Crippen LogP contribution in [0.25, 0.3) is 0 Å². The Balaban J connectivity index is 1.37. The first-order valence-electron chi connectivity index (χ1n) is 19.5. The van der Waals surface area contributed by atoms with E-state index in [-0.39, 0.29) is 36.2 Å². The number of nitrogens with two attached hydrogens (primary N) is 1. The van der Waals surface area contributed by atoms with Gasteiger partial charge in [-0.25, -0.2) is 4.98 Å². The largest absolute Gasteiger partial charge is 0.667 e. The first kappa shape index (κ1) is 40.1. The zero-order valence-electron chi connectivity index (χ0n) is 30.8. The molecule has 9 nitrogen and oxygen atoms in total. The first-order chi connectivity index (χ1) is 24.1. The Hall–Kier alpha value is -2.72. The van der Waals surface area contributed by atoms with Crippen molar-refractivity contribution in [3.8, 4) is 0 Å². The fraction of sp³-hybridized carbons (Fsp3) is 0.707. The van der Waals surface area contributed by atoms with Crippen LogP contribution in [0.5, 0.6) is 0 Å². The molecule has 2 aliphatic carbocycles. The van der Waals surface area contributed by atoms with Gasteiger partial charge in [-0.1, -0.05) is 76.2 Å². The maximum atomic E-state index is 12.6. The van der Waals surface area contributed by atoms with Gasteiger partial charge in [0, 0.05) is 24.6 Å². The number of pyridine rings is 1. The van der Waals surface area contributed by atoms with Crippen LogP contribution in [-0.2, 0) is 24.1 Å². The molecule has 0 radical (unpaired) electrons. The number of aliphatic hydroxyl groups excluding tert-OH is 2. The van der Waals surface area contributed by atoms with Gasteiger partial charge in [-0.15, -0.1) is 0 Å². The molecule has 0 unspecified atom stereocenters. The number of nitrogens with one attached hydrogen (secondary N) is 1. The number of aromatic nitrogens is 2. The summed E-state index contributed by atoms with van der Waals surface area (Å²) in [6.45, 7) is 4.79. The highest BCUT2D eigenvalue weighted by Crippen LogP contribution is 2.48. The number of aliphatic carboxylic acids is 1. The summed E-state index contributed by atoms with van der Waals surface area (Å²) in [5.41, 5.74) is 8.10. The molecule has 0 bridgehead atoms. The van der Waals surface area contributed by atoms with Crippen LogP contribution >= 0.6 is 0 Å². The number of hydrogen-bond donors (Lipinski definition) is 6. The van der Waals surface area contributed by atoms with Crippen molar-refractivity contribution < 1.29 is 25.2 Å². The third-order valence-electron chi connectivity index (χ3n) is 11.8. The van der Waals surface area contributed by atoms with Gasteiger partial charge in [-0.3, -0.25) is 4.79 Å². The number of anilines is 1. The molecular formula is C41H65N4O5-. The molecule has 0 aliphatic heterocycles. The van der Waals surface area contributed by atoms with Gasteiger partial charge >= 0.3 is 5.97 Å². The first-order valence-corrected chi connectivity index (χ1v) is 19.5. The zero-order valence-corrected chi connectivity index (χ0v) is 30.8. The van der Waals surface area contributed by atoms with E-state index >= 15 is 0 Å². The van der Waals surface area contributed by atoms with Crippen LogP contribution in [0.1, 0.15) is 114 Å². The number of nitrogens with zero attached hydrogens (tertiary/aromatic N) is 2. The smallest absolute Gasteiger partial charge is 0.309 e. The molecule has 9 atom stereocenters. The number of aliphatic hydroxyl groups is 3. The summed E-state index contributed by atoms with van der Waals surface area (Å²) in [6, 6.07) is 5.99. The van der Waals surface area contributed by atoms with Crippen molar-refractivity contribution in [2.24, 2.45) is 35.5 Å². The highest BCUT2D eigenvalue weighted by Gasteiger charge is 2.51. The summed E-state index contributed by atoms with van der Waals surface area (Å²) in [6.07, 6.45) is 20.0. The molecule has 2 aromatic heterocycles. The molecule has 9 heteroatoms. The van der Waals surface area contributed by atoms with Crippen LogP contribution in [0.15, 0.2) is 42.7 Å². The standard InChI is InChI=1S/C41H65N4O5/c1-4-6-8-11-29-14-15-32(37(46)21-29)12-9-7-10-13-36(40(48)49)38(47)24-34(27-43-3)41(50)25-31(18-30-16-17-44-39(42)22-30)19-33(41)23-35-20-28(5-2)26-45-35/h14-17,20,22,26,29,31-34,36-38,43,46-47,50H,4-13,18-19,21,23-25,27H2,1-3H3,(H2,42,44)(H,48,49)/q-1/t29-,31-,32-,33+,34+,36+,37-,38-,41+/m1/s1. The highest BCUT2D eigenvalue weighted by molar-refractivity contribution is 5.70. The maximum Gasteiger partial charge on any atom is 0.309 e. The summed E-state index contributed by atoms with van der Waals surface area (Å²) in [5, 5.41) is 48.3. The second-order valence-electron chi connectivity index (χ2n) is 15.6. The maximum absolute atomic E-state index is 12.6. The fourth-order valence-electron chi connectivity index (χ4n) is 8.92. The lowest BCUT2D eigenvalue weighted by Crippen LogP contribution is -2.48. The average Bonchev–Trinajstić information content (AvgIpc) is 3.67. The van der Waals surface area contributed by atoms with Gasteiger partial charge in [-0.2, -0.15) is 11.9 Å². The normalized spacial score (nSPS) is 27.0. The van der Waals surface area contributed by atoms with Crippen LogP contribution in [0.4, 0.5) is 5.82 Å². The molecule has 0 saturated heterocycles. The second kappa shape index (κ2) is 19.8. The van der Waals surface area contributed by atoms with Gasteiger partial charge in [0.15, 0.2) is 0 Å². The number of carboxylic acids is 1.